The van der Waals surface area contributed by atoms with Gasteiger partial charge in [0, 0.05) is 8.95 Å². The highest BCUT2D eigenvalue weighted by Crippen LogP contribution is 2.26. The van der Waals surface area contributed by atoms with Crippen LogP contribution in [0, 0.1) is 0 Å². The molecule has 0 saturated carbocycles. The fraction of sp³-hybridized carbons (Fsp3) is 0.429. The van der Waals surface area contributed by atoms with Crippen molar-refractivity contribution in [2.24, 2.45) is 0 Å². The molecule has 0 aliphatic carbocycles. The third-order valence-corrected chi connectivity index (χ3v) is 3.50. The van der Waals surface area contributed by atoms with Crippen LogP contribution in [-0.2, 0) is 9.53 Å². The van der Waals surface area contributed by atoms with Crippen LogP contribution in [0.3, 0.4) is 0 Å². The number of benzene rings is 1. The second-order valence-corrected chi connectivity index (χ2v) is 7.25. The Hall–Kier alpha value is -1.08. The molecule has 2 N–H and O–H groups in total. The normalized spacial score (nSPS) is 12.5. The fourth-order valence-electron chi connectivity index (χ4n) is 1.38. The summed E-state index contributed by atoms with van der Waals surface area (Å²) in [6.45, 7) is 6.87. The number of ether oxygens (including phenoxy) is 1. The van der Waals surface area contributed by atoms with Gasteiger partial charge in [-0.05, 0) is 61.8 Å². The predicted molar refractivity (Wildman–Crippen MR) is 89.3 cm³/mol. The molecule has 5 nitrogen and oxygen atoms in total. The summed E-state index contributed by atoms with van der Waals surface area (Å²) >= 11 is 6.69. The number of carbonyl (C=O) groups is 2. The topological polar surface area (TPSA) is 67.4 Å². The summed E-state index contributed by atoms with van der Waals surface area (Å²) in [6.07, 6.45) is -0.626. The first-order chi connectivity index (χ1) is 9.58. The quantitative estimate of drug-likeness (QED) is 0.773. The van der Waals surface area contributed by atoms with Crippen LogP contribution >= 0.6 is 31.9 Å². The van der Waals surface area contributed by atoms with Gasteiger partial charge in [-0.1, -0.05) is 15.9 Å². The van der Waals surface area contributed by atoms with Crippen molar-refractivity contribution in [3.8, 4) is 0 Å². The van der Waals surface area contributed by atoms with Crippen LogP contribution in [0.1, 0.15) is 27.7 Å². The van der Waals surface area contributed by atoms with Crippen molar-refractivity contribution in [2.75, 3.05) is 5.32 Å². The molecule has 1 aromatic carbocycles. The molecule has 1 aromatic rings. The third-order valence-electron chi connectivity index (χ3n) is 2.31. The number of amides is 2. The monoisotopic (exact) mass is 420 g/mol. The molecule has 21 heavy (non-hydrogen) atoms. The molecule has 0 aliphatic rings. The van der Waals surface area contributed by atoms with Crippen LogP contribution in [0.25, 0.3) is 0 Å². The van der Waals surface area contributed by atoms with Crippen LogP contribution in [-0.4, -0.2) is 23.6 Å². The molecule has 2 amide bonds. The zero-order valence-corrected chi connectivity index (χ0v) is 15.5. The SMILES string of the molecule is C[C@@H](NC(=O)OC(C)(C)C)C(=O)Nc1cc(Br)ccc1Br. The highest BCUT2D eigenvalue weighted by Gasteiger charge is 2.21. The van der Waals surface area contributed by atoms with Crippen LogP contribution < -0.4 is 10.6 Å². The second kappa shape index (κ2) is 7.26. The molecule has 0 spiro atoms. The maximum absolute atomic E-state index is 12.1. The van der Waals surface area contributed by atoms with E-state index >= 15 is 0 Å². The number of halogens is 2. The molecule has 1 rings (SSSR count). The van der Waals surface area contributed by atoms with E-state index in [2.05, 4.69) is 42.5 Å². The average Bonchev–Trinajstić information content (AvgIpc) is 2.31. The number of nitrogens with one attached hydrogen (secondary N) is 2. The van der Waals surface area contributed by atoms with E-state index in [1.165, 1.54) is 0 Å². The predicted octanol–water partition coefficient (Wildman–Crippen LogP) is 4.06. The summed E-state index contributed by atoms with van der Waals surface area (Å²) in [5.74, 6) is -0.334. The summed E-state index contributed by atoms with van der Waals surface area (Å²) in [5.41, 5.74) is 0.0142. The fourth-order valence-corrected chi connectivity index (χ4v) is 2.09. The Kier molecular flexibility index (Phi) is 6.22. The lowest BCUT2D eigenvalue weighted by Crippen LogP contribution is -2.44. The lowest BCUT2D eigenvalue weighted by Gasteiger charge is -2.21. The largest absolute Gasteiger partial charge is 0.444 e. The first kappa shape index (κ1) is 18.0. The molecular weight excluding hydrogens is 404 g/mol. The van der Waals surface area contributed by atoms with Crippen molar-refractivity contribution in [1.29, 1.82) is 0 Å². The van der Waals surface area contributed by atoms with E-state index in [-0.39, 0.29) is 5.91 Å². The zero-order valence-electron chi connectivity index (χ0n) is 12.3. The number of carbonyl (C=O) groups excluding carboxylic acids is 2. The molecule has 7 heteroatoms. The maximum atomic E-state index is 12.1. The zero-order chi connectivity index (χ0) is 16.2. The lowest BCUT2D eigenvalue weighted by molar-refractivity contribution is -0.117. The first-order valence-electron chi connectivity index (χ1n) is 6.34. The number of hydrogen-bond donors (Lipinski definition) is 2. The molecule has 0 unspecified atom stereocenters. The molecule has 0 aliphatic heterocycles. The Morgan fingerprint density at radius 1 is 1.24 bits per heavy atom. The third kappa shape index (κ3) is 6.48. The average molecular weight is 422 g/mol. The van der Waals surface area contributed by atoms with Crippen molar-refractivity contribution in [2.45, 2.75) is 39.3 Å². The van der Waals surface area contributed by atoms with Crippen LogP contribution in [0.5, 0.6) is 0 Å². The number of anilines is 1. The summed E-state index contributed by atoms with van der Waals surface area (Å²) in [5, 5.41) is 5.22. The molecule has 0 aromatic heterocycles. The number of rotatable bonds is 3. The Bertz CT molecular complexity index is 542. The number of alkyl carbamates (subject to hydrolysis) is 1. The van der Waals surface area contributed by atoms with Gasteiger partial charge in [0.2, 0.25) is 5.91 Å². The van der Waals surface area contributed by atoms with E-state index in [9.17, 15) is 9.59 Å². The minimum Gasteiger partial charge on any atom is -0.444 e. The van der Waals surface area contributed by atoms with Gasteiger partial charge < -0.3 is 15.4 Å². The smallest absolute Gasteiger partial charge is 0.408 e. The molecule has 116 valence electrons. The van der Waals surface area contributed by atoms with Gasteiger partial charge >= 0.3 is 6.09 Å². The van der Waals surface area contributed by atoms with Crippen LogP contribution in [0.4, 0.5) is 10.5 Å². The summed E-state index contributed by atoms with van der Waals surface area (Å²) < 4.78 is 6.70. The molecular formula is C14H18Br2N2O3. The van der Waals surface area contributed by atoms with Crippen molar-refractivity contribution in [3.63, 3.8) is 0 Å². The Balaban J connectivity index is 2.63. The van der Waals surface area contributed by atoms with Crippen molar-refractivity contribution in [1.82, 2.24) is 5.32 Å². The van der Waals surface area contributed by atoms with Gasteiger partial charge in [-0.15, -0.1) is 0 Å². The minimum absolute atomic E-state index is 0.334. The van der Waals surface area contributed by atoms with Gasteiger partial charge in [-0.2, -0.15) is 0 Å². The second-order valence-electron chi connectivity index (χ2n) is 5.48. The van der Waals surface area contributed by atoms with Crippen LogP contribution in [0.2, 0.25) is 0 Å². The Morgan fingerprint density at radius 2 is 1.86 bits per heavy atom. The van der Waals surface area contributed by atoms with Gasteiger partial charge in [-0.25, -0.2) is 4.79 Å². The molecule has 0 fully saturated rings. The molecule has 0 radical (unpaired) electrons. The highest BCUT2D eigenvalue weighted by molar-refractivity contribution is 9.11. The van der Waals surface area contributed by atoms with Gasteiger partial charge in [-0.3, -0.25) is 4.79 Å². The van der Waals surface area contributed by atoms with Crippen LogP contribution in [0.15, 0.2) is 27.1 Å². The summed E-state index contributed by atoms with van der Waals surface area (Å²) in [4.78, 5) is 23.7. The number of hydrogen-bond acceptors (Lipinski definition) is 3. The van der Waals surface area contributed by atoms with E-state index in [0.29, 0.717) is 5.69 Å². The standard InChI is InChI=1S/C14H18Br2N2O3/c1-8(17-13(20)21-14(2,3)4)12(19)18-11-7-9(15)5-6-10(11)16/h5-8H,1-4H3,(H,17,20)(H,18,19)/t8-/m1/s1. The lowest BCUT2D eigenvalue weighted by atomic mass is 10.2. The molecule has 0 saturated heterocycles. The van der Waals surface area contributed by atoms with Gasteiger partial charge in [0.1, 0.15) is 11.6 Å². The van der Waals surface area contributed by atoms with Crippen molar-refractivity contribution >= 4 is 49.5 Å². The maximum Gasteiger partial charge on any atom is 0.408 e. The van der Waals surface area contributed by atoms with Gasteiger partial charge in [0.15, 0.2) is 0 Å². The Morgan fingerprint density at radius 3 is 2.43 bits per heavy atom. The van der Waals surface area contributed by atoms with Gasteiger partial charge in [0.25, 0.3) is 0 Å². The Labute approximate surface area is 141 Å². The minimum atomic E-state index is -0.717. The molecule has 0 heterocycles. The molecule has 1 atom stereocenters. The first-order valence-corrected chi connectivity index (χ1v) is 7.92. The van der Waals surface area contributed by atoms with E-state index in [0.717, 1.165) is 8.95 Å². The summed E-state index contributed by atoms with van der Waals surface area (Å²) in [6, 6.07) is 4.71. The van der Waals surface area contributed by atoms with E-state index in [4.69, 9.17) is 4.74 Å². The highest BCUT2D eigenvalue weighted by atomic mass is 79.9. The van der Waals surface area contributed by atoms with Crippen molar-refractivity contribution < 1.29 is 14.3 Å². The van der Waals surface area contributed by atoms with E-state index in [1.807, 2.05) is 12.1 Å². The van der Waals surface area contributed by atoms with E-state index in [1.54, 1.807) is 33.8 Å². The van der Waals surface area contributed by atoms with Crippen molar-refractivity contribution in [3.05, 3.63) is 27.1 Å². The van der Waals surface area contributed by atoms with Gasteiger partial charge in [0.05, 0.1) is 5.69 Å². The molecule has 0 bridgehead atoms. The summed E-state index contributed by atoms with van der Waals surface area (Å²) in [7, 11) is 0. The van der Waals surface area contributed by atoms with E-state index < -0.39 is 17.7 Å².